The summed E-state index contributed by atoms with van der Waals surface area (Å²) in [6.45, 7) is 4.21. The van der Waals surface area contributed by atoms with Gasteiger partial charge in [0, 0.05) is 39.1 Å². The molecule has 1 N–H and O–H groups in total. The Hall–Kier alpha value is -2.71. The molecular formula is C25H31N3O4S. The van der Waals surface area contributed by atoms with E-state index in [0.717, 1.165) is 29.7 Å². The molecule has 7 nitrogen and oxygen atoms in total. The Morgan fingerprint density at radius 2 is 1.76 bits per heavy atom. The smallest absolute Gasteiger partial charge is 0.243 e. The van der Waals surface area contributed by atoms with E-state index >= 15 is 0 Å². The van der Waals surface area contributed by atoms with Crippen molar-refractivity contribution in [1.29, 1.82) is 0 Å². The van der Waals surface area contributed by atoms with E-state index in [1.165, 1.54) is 4.31 Å². The highest BCUT2D eigenvalue weighted by Crippen LogP contribution is 2.24. The second-order valence-corrected chi connectivity index (χ2v) is 10.9. The fourth-order valence-electron chi connectivity index (χ4n) is 4.52. The number of carbonyl (C=O) groups excluding carboxylic acids is 2. The summed E-state index contributed by atoms with van der Waals surface area (Å²) in [6.07, 6.45) is 2.80. The molecule has 0 bridgehead atoms. The molecule has 2 aliphatic heterocycles. The molecule has 2 saturated heterocycles. The Balaban J connectivity index is 1.38. The van der Waals surface area contributed by atoms with Gasteiger partial charge >= 0.3 is 0 Å². The summed E-state index contributed by atoms with van der Waals surface area (Å²) in [5.41, 5.74) is 3.00. The van der Waals surface area contributed by atoms with Crippen LogP contribution in [0.15, 0.2) is 53.4 Å². The van der Waals surface area contributed by atoms with Gasteiger partial charge in [0.2, 0.25) is 21.8 Å². The van der Waals surface area contributed by atoms with Crippen LogP contribution in [0.3, 0.4) is 0 Å². The minimum atomic E-state index is -3.62. The molecule has 1 atom stereocenters. The van der Waals surface area contributed by atoms with E-state index in [1.807, 2.05) is 36.1 Å². The third-order valence-electron chi connectivity index (χ3n) is 6.52. The first-order valence-corrected chi connectivity index (χ1v) is 13.0. The van der Waals surface area contributed by atoms with Gasteiger partial charge in [0.15, 0.2) is 0 Å². The highest BCUT2D eigenvalue weighted by Gasteiger charge is 2.33. The quantitative estimate of drug-likeness (QED) is 0.676. The first kappa shape index (κ1) is 23.4. The van der Waals surface area contributed by atoms with Crippen LogP contribution in [0.1, 0.15) is 42.4 Å². The fourth-order valence-corrected chi connectivity index (χ4v) is 6.05. The average Bonchev–Trinajstić information content (AvgIpc) is 3.23. The van der Waals surface area contributed by atoms with E-state index < -0.39 is 10.0 Å². The van der Waals surface area contributed by atoms with Gasteiger partial charge in [-0.2, -0.15) is 4.31 Å². The predicted octanol–water partition coefficient (Wildman–Crippen LogP) is 2.83. The number of likely N-dealkylation sites (tertiary alicyclic amines) is 1. The first-order chi connectivity index (χ1) is 15.8. The SMILES string of the molecule is Cc1ccc(S(=O)(=O)N2CCCC(C(=O)NCc3ccccc3CN3CCCC3=O)C2)cc1. The predicted molar refractivity (Wildman–Crippen MR) is 126 cm³/mol. The molecule has 2 aromatic carbocycles. The number of carbonyl (C=O) groups is 2. The number of benzene rings is 2. The van der Waals surface area contributed by atoms with E-state index in [9.17, 15) is 18.0 Å². The van der Waals surface area contributed by atoms with Crippen molar-refractivity contribution in [2.24, 2.45) is 5.92 Å². The lowest BCUT2D eigenvalue weighted by Crippen LogP contribution is -2.45. The van der Waals surface area contributed by atoms with Crippen molar-refractivity contribution in [2.75, 3.05) is 19.6 Å². The summed E-state index contributed by atoms with van der Waals surface area (Å²) < 4.78 is 27.5. The van der Waals surface area contributed by atoms with Crippen molar-refractivity contribution >= 4 is 21.8 Å². The van der Waals surface area contributed by atoms with Gasteiger partial charge in [0.1, 0.15) is 0 Å². The van der Waals surface area contributed by atoms with Crippen LogP contribution in [0.25, 0.3) is 0 Å². The molecule has 0 aliphatic carbocycles. The number of piperidine rings is 1. The lowest BCUT2D eigenvalue weighted by Gasteiger charge is -2.31. The van der Waals surface area contributed by atoms with Crippen molar-refractivity contribution in [3.05, 3.63) is 65.2 Å². The van der Waals surface area contributed by atoms with Crippen molar-refractivity contribution in [2.45, 2.75) is 50.6 Å². The maximum atomic E-state index is 13.0. The maximum Gasteiger partial charge on any atom is 0.243 e. The van der Waals surface area contributed by atoms with E-state index in [0.29, 0.717) is 38.9 Å². The number of rotatable bonds is 7. The highest BCUT2D eigenvalue weighted by atomic mass is 32.2. The van der Waals surface area contributed by atoms with E-state index in [-0.39, 0.29) is 29.2 Å². The second-order valence-electron chi connectivity index (χ2n) is 8.92. The molecule has 0 spiro atoms. The molecule has 1 unspecified atom stereocenters. The molecule has 0 saturated carbocycles. The van der Waals surface area contributed by atoms with Crippen LogP contribution >= 0.6 is 0 Å². The van der Waals surface area contributed by atoms with Gasteiger partial charge in [-0.3, -0.25) is 9.59 Å². The molecule has 176 valence electrons. The van der Waals surface area contributed by atoms with Crippen LogP contribution in [0.5, 0.6) is 0 Å². The van der Waals surface area contributed by atoms with Crippen LogP contribution < -0.4 is 5.32 Å². The summed E-state index contributed by atoms with van der Waals surface area (Å²) >= 11 is 0. The molecule has 2 amide bonds. The lowest BCUT2D eigenvalue weighted by molar-refractivity contribution is -0.128. The standard InChI is InChI=1S/C25H31N3O4S/c1-19-10-12-23(13-11-19)33(31,32)28-15-4-8-22(18-28)25(30)26-16-20-6-2-3-7-21(20)17-27-14-5-9-24(27)29/h2-3,6-7,10-13,22H,4-5,8-9,14-18H2,1H3,(H,26,30). The molecule has 4 rings (SSSR count). The van der Waals surface area contributed by atoms with Crippen molar-refractivity contribution in [3.63, 3.8) is 0 Å². The van der Waals surface area contributed by atoms with Gasteiger partial charge in [-0.1, -0.05) is 42.0 Å². The normalized spacial score (nSPS) is 19.6. The average molecular weight is 470 g/mol. The zero-order chi connectivity index (χ0) is 23.4. The van der Waals surface area contributed by atoms with Gasteiger partial charge in [-0.25, -0.2) is 8.42 Å². The molecule has 0 aromatic heterocycles. The summed E-state index contributed by atoms with van der Waals surface area (Å²) in [5, 5.41) is 3.00. The second kappa shape index (κ2) is 10.1. The number of hydrogen-bond acceptors (Lipinski definition) is 4. The highest BCUT2D eigenvalue weighted by molar-refractivity contribution is 7.89. The van der Waals surface area contributed by atoms with Crippen LogP contribution in [0.2, 0.25) is 0 Å². The van der Waals surface area contributed by atoms with E-state index in [1.54, 1.807) is 24.3 Å². The molecule has 8 heteroatoms. The van der Waals surface area contributed by atoms with Crippen LogP contribution in [-0.4, -0.2) is 49.1 Å². The third-order valence-corrected chi connectivity index (χ3v) is 8.40. The van der Waals surface area contributed by atoms with Crippen LogP contribution in [0, 0.1) is 12.8 Å². The Morgan fingerprint density at radius 3 is 2.45 bits per heavy atom. The Labute approximate surface area is 195 Å². The van der Waals surface area contributed by atoms with Crippen LogP contribution in [-0.2, 0) is 32.7 Å². The number of nitrogens with zero attached hydrogens (tertiary/aromatic N) is 2. The van der Waals surface area contributed by atoms with Crippen molar-refractivity contribution < 1.29 is 18.0 Å². The fraction of sp³-hybridized carbons (Fsp3) is 0.440. The lowest BCUT2D eigenvalue weighted by atomic mass is 9.98. The topological polar surface area (TPSA) is 86.8 Å². The van der Waals surface area contributed by atoms with Gasteiger partial charge in [-0.15, -0.1) is 0 Å². The van der Waals surface area contributed by atoms with Crippen molar-refractivity contribution in [1.82, 2.24) is 14.5 Å². The number of sulfonamides is 1. The monoisotopic (exact) mass is 469 g/mol. The zero-order valence-electron chi connectivity index (χ0n) is 19.0. The third kappa shape index (κ3) is 5.45. The van der Waals surface area contributed by atoms with Gasteiger partial charge in [0.05, 0.1) is 10.8 Å². The Morgan fingerprint density at radius 1 is 1.03 bits per heavy atom. The summed E-state index contributed by atoms with van der Waals surface area (Å²) in [6, 6.07) is 14.6. The Kier molecular flexibility index (Phi) is 7.14. The van der Waals surface area contributed by atoms with Crippen molar-refractivity contribution in [3.8, 4) is 0 Å². The molecule has 2 heterocycles. The number of hydrogen-bond donors (Lipinski definition) is 1. The summed E-state index contributed by atoms with van der Waals surface area (Å²) in [4.78, 5) is 27.1. The molecule has 2 fully saturated rings. The molecular weight excluding hydrogens is 438 g/mol. The minimum Gasteiger partial charge on any atom is -0.352 e. The zero-order valence-corrected chi connectivity index (χ0v) is 19.8. The van der Waals surface area contributed by atoms with E-state index in [2.05, 4.69) is 5.32 Å². The number of amides is 2. The van der Waals surface area contributed by atoms with E-state index in [4.69, 9.17) is 0 Å². The summed E-state index contributed by atoms with van der Waals surface area (Å²) in [5.74, 6) is -0.344. The number of nitrogens with one attached hydrogen (secondary N) is 1. The number of aryl methyl sites for hydroxylation is 1. The molecule has 33 heavy (non-hydrogen) atoms. The molecule has 2 aliphatic rings. The summed E-state index contributed by atoms with van der Waals surface area (Å²) in [7, 11) is -3.62. The first-order valence-electron chi connectivity index (χ1n) is 11.5. The van der Waals surface area contributed by atoms with Crippen LogP contribution in [0.4, 0.5) is 0 Å². The molecule has 0 radical (unpaired) electrons. The van der Waals surface area contributed by atoms with Gasteiger partial charge < -0.3 is 10.2 Å². The largest absolute Gasteiger partial charge is 0.352 e. The molecule has 2 aromatic rings. The Bertz CT molecular complexity index is 1110. The van der Waals surface area contributed by atoms with Gasteiger partial charge in [-0.05, 0) is 49.4 Å². The minimum absolute atomic E-state index is 0.133. The maximum absolute atomic E-state index is 13.0. The van der Waals surface area contributed by atoms with Gasteiger partial charge in [0.25, 0.3) is 0 Å².